The Morgan fingerprint density at radius 2 is 1.55 bits per heavy atom. The van der Waals surface area contributed by atoms with Crippen LogP contribution < -0.4 is 19.5 Å². The fourth-order valence-electron chi connectivity index (χ4n) is 5.67. The summed E-state index contributed by atoms with van der Waals surface area (Å²) in [6, 6.07) is 14.6. The van der Waals surface area contributed by atoms with Gasteiger partial charge < -0.3 is 10.1 Å². The Kier molecular flexibility index (Phi) is 15.2. The predicted octanol–water partition coefficient (Wildman–Crippen LogP) is 10.1. The Balaban J connectivity index is 1.55. The molecule has 0 atom stereocenters. The summed E-state index contributed by atoms with van der Waals surface area (Å²) in [6.07, 6.45) is 18.2. The number of benzene rings is 2. The predicted molar refractivity (Wildman–Crippen MR) is 187 cm³/mol. The number of aryl methyl sites for hydroxylation is 1. The van der Waals surface area contributed by atoms with Gasteiger partial charge in [-0.05, 0) is 54.2 Å². The van der Waals surface area contributed by atoms with Gasteiger partial charge >= 0.3 is 6.03 Å². The normalized spacial score (nSPS) is 11.5. The number of hydrogen-bond acceptors (Lipinski definition) is 3. The van der Waals surface area contributed by atoms with E-state index in [4.69, 9.17) is 4.74 Å². The number of carbonyl (C=O) groups is 1. The molecular formula is C38H58N3O2S+. The average molecular weight is 621 g/mol. The minimum atomic E-state index is -0.120. The second kappa shape index (κ2) is 18.8. The molecule has 242 valence electrons. The average Bonchev–Trinajstić information content (AvgIpc) is 3.41. The van der Waals surface area contributed by atoms with Crippen LogP contribution in [0.3, 0.4) is 0 Å². The zero-order valence-electron chi connectivity index (χ0n) is 28.4. The van der Waals surface area contributed by atoms with Crippen LogP contribution >= 0.6 is 11.3 Å². The number of anilines is 1. The monoisotopic (exact) mass is 620 g/mol. The molecule has 0 saturated heterocycles. The van der Waals surface area contributed by atoms with E-state index in [-0.39, 0.29) is 11.4 Å². The van der Waals surface area contributed by atoms with E-state index >= 15 is 0 Å². The largest absolute Gasteiger partial charge is 0.493 e. The van der Waals surface area contributed by atoms with Crippen molar-refractivity contribution in [1.29, 1.82) is 0 Å². The number of ether oxygens (including phenoxy) is 1. The van der Waals surface area contributed by atoms with Crippen molar-refractivity contribution in [3.05, 3.63) is 75.7 Å². The Labute approximate surface area is 272 Å². The van der Waals surface area contributed by atoms with Crippen molar-refractivity contribution in [2.75, 3.05) is 18.6 Å². The number of aromatic nitrogens is 1. The Bertz CT molecular complexity index is 1260. The van der Waals surface area contributed by atoms with E-state index in [1.165, 1.54) is 81.1 Å². The molecule has 0 aliphatic rings. The number of rotatable bonds is 19. The number of hydrogen-bond donors (Lipinski definition) is 1. The number of urea groups is 1. The summed E-state index contributed by atoms with van der Waals surface area (Å²) in [7, 11) is 1.69. The van der Waals surface area contributed by atoms with Crippen LogP contribution in [0.4, 0.5) is 10.5 Å². The van der Waals surface area contributed by atoms with E-state index in [1.807, 2.05) is 17.0 Å². The van der Waals surface area contributed by atoms with Gasteiger partial charge in [-0.25, -0.2) is 4.79 Å². The standard InChI is InChI=1S/C38H57N3O2S/c1-7-8-9-10-11-12-13-14-15-16-17-18-24-43-36-23-22-33(26-35(36)38(3,4)5)29-41(37(42)39-6)34-21-19-20-32(25-34)28-40-27-31(2)44-30-40/h19-23,25-27,30H,7-18,24,28-29H2,1-6H3/p+1. The molecule has 0 aliphatic carbocycles. The van der Waals surface area contributed by atoms with E-state index in [1.54, 1.807) is 18.4 Å². The highest BCUT2D eigenvalue weighted by molar-refractivity contribution is 7.09. The van der Waals surface area contributed by atoms with Crippen molar-refractivity contribution in [3.8, 4) is 5.75 Å². The molecule has 6 heteroatoms. The molecule has 0 saturated carbocycles. The molecule has 1 heterocycles. The van der Waals surface area contributed by atoms with Gasteiger partial charge in [-0.2, -0.15) is 4.57 Å². The molecular weight excluding hydrogens is 563 g/mol. The lowest BCUT2D eigenvalue weighted by molar-refractivity contribution is -0.683. The second-order valence-corrected chi connectivity index (χ2v) is 14.4. The maximum atomic E-state index is 13.1. The molecule has 0 spiro atoms. The lowest BCUT2D eigenvalue weighted by Gasteiger charge is -2.26. The summed E-state index contributed by atoms with van der Waals surface area (Å²) in [4.78, 5) is 16.2. The summed E-state index contributed by atoms with van der Waals surface area (Å²) in [5, 5.41) is 2.84. The molecule has 0 fully saturated rings. The van der Waals surface area contributed by atoms with Crippen molar-refractivity contribution >= 4 is 23.1 Å². The molecule has 0 radical (unpaired) electrons. The van der Waals surface area contributed by atoms with E-state index in [0.29, 0.717) is 6.54 Å². The summed E-state index contributed by atoms with van der Waals surface area (Å²) in [6.45, 7) is 13.1. The second-order valence-electron chi connectivity index (χ2n) is 13.3. The van der Waals surface area contributed by atoms with Crippen LogP contribution in [0.2, 0.25) is 0 Å². The van der Waals surface area contributed by atoms with E-state index in [9.17, 15) is 4.79 Å². The topological polar surface area (TPSA) is 45.5 Å². The number of nitrogens with zero attached hydrogens (tertiary/aromatic N) is 2. The van der Waals surface area contributed by atoms with Gasteiger partial charge in [0.25, 0.3) is 0 Å². The first-order valence-corrected chi connectivity index (χ1v) is 17.9. The fraction of sp³-hybridized carbons (Fsp3) is 0.579. The third-order valence-corrected chi connectivity index (χ3v) is 9.07. The van der Waals surface area contributed by atoms with E-state index in [2.05, 4.69) is 86.5 Å². The van der Waals surface area contributed by atoms with Crippen LogP contribution in [0.15, 0.2) is 54.2 Å². The van der Waals surface area contributed by atoms with Crippen LogP contribution in [0.5, 0.6) is 5.75 Å². The molecule has 44 heavy (non-hydrogen) atoms. The van der Waals surface area contributed by atoms with E-state index < -0.39 is 0 Å². The fourth-order valence-corrected chi connectivity index (χ4v) is 6.31. The maximum absolute atomic E-state index is 13.1. The lowest BCUT2D eigenvalue weighted by Crippen LogP contribution is -2.38. The molecule has 2 aromatic carbocycles. The third-order valence-electron chi connectivity index (χ3n) is 8.22. The SMILES string of the molecule is CCCCCCCCCCCCCCOc1ccc(CN(C(=O)NC)c2cccc(C[n+]3csc(C)c3)c2)cc1C(C)(C)C. The molecule has 3 rings (SSSR count). The van der Waals surface area contributed by atoms with Gasteiger partial charge in [-0.1, -0.05) is 128 Å². The van der Waals surface area contributed by atoms with Crippen LogP contribution in [-0.2, 0) is 18.5 Å². The highest BCUT2D eigenvalue weighted by atomic mass is 32.1. The first-order chi connectivity index (χ1) is 21.2. The van der Waals surface area contributed by atoms with Crippen molar-refractivity contribution in [2.45, 2.75) is 130 Å². The number of unbranched alkanes of at least 4 members (excludes halogenated alkanes) is 11. The first kappa shape index (κ1) is 35.6. The molecule has 3 aromatic rings. The zero-order valence-corrected chi connectivity index (χ0v) is 29.2. The van der Waals surface area contributed by atoms with Gasteiger partial charge in [0.05, 0.1) is 18.0 Å². The minimum absolute atomic E-state index is 0.0739. The highest BCUT2D eigenvalue weighted by Crippen LogP contribution is 2.33. The van der Waals surface area contributed by atoms with E-state index in [0.717, 1.165) is 42.1 Å². The summed E-state index contributed by atoms with van der Waals surface area (Å²) < 4.78 is 8.54. The molecule has 0 aliphatic heterocycles. The molecule has 0 unspecified atom stereocenters. The zero-order chi connectivity index (χ0) is 31.8. The Hall–Kier alpha value is -2.86. The molecule has 0 bridgehead atoms. The smallest absolute Gasteiger partial charge is 0.321 e. The number of thiazole rings is 1. The van der Waals surface area contributed by atoms with Crippen LogP contribution in [0, 0.1) is 6.92 Å². The van der Waals surface area contributed by atoms with Crippen molar-refractivity contribution in [2.24, 2.45) is 0 Å². The maximum Gasteiger partial charge on any atom is 0.321 e. The van der Waals surface area contributed by atoms with Crippen LogP contribution in [0.1, 0.15) is 126 Å². The quantitative estimate of drug-likeness (QED) is 0.107. The van der Waals surface area contributed by atoms with Crippen molar-refractivity contribution in [3.63, 3.8) is 0 Å². The summed E-state index contributed by atoms with van der Waals surface area (Å²) >= 11 is 1.74. The molecule has 1 aromatic heterocycles. The van der Waals surface area contributed by atoms with Crippen LogP contribution in [-0.4, -0.2) is 19.7 Å². The third kappa shape index (κ3) is 12.3. The Morgan fingerprint density at radius 3 is 2.14 bits per heavy atom. The highest BCUT2D eigenvalue weighted by Gasteiger charge is 2.22. The molecule has 1 N–H and O–H groups in total. The van der Waals surface area contributed by atoms with Gasteiger partial charge in [0.2, 0.25) is 5.51 Å². The molecule has 5 nitrogen and oxygen atoms in total. The van der Waals surface area contributed by atoms with Gasteiger partial charge in [-0.15, -0.1) is 0 Å². The van der Waals surface area contributed by atoms with Crippen molar-refractivity contribution in [1.82, 2.24) is 5.32 Å². The number of nitrogens with one attached hydrogen (secondary N) is 1. The Morgan fingerprint density at radius 1 is 0.886 bits per heavy atom. The van der Waals surface area contributed by atoms with Crippen molar-refractivity contribution < 1.29 is 14.1 Å². The van der Waals surface area contributed by atoms with Gasteiger partial charge in [-0.3, -0.25) is 4.90 Å². The van der Waals surface area contributed by atoms with Gasteiger partial charge in [0, 0.05) is 18.3 Å². The minimum Gasteiger partial charge on any atom is -0.493 e. The summed E-state index contributed by atoms with van der Waals surface area (Å²) in [5.41, 5.74) is 6.38. The van der Waals surface area contributed by atoms with Gasteiger partial charge in [0.15, 0.2) is 12.7 Å². The van der Waals surface area contributed by atoms with Gasteiger partial charge in [0.1, 0.15) is 5.75 Å². The first-order valence-electron chi connectivity index (χ1n) is 17.0. The van der Waals surface area contributed by atoms with Crippen LogP contribution in [0.25, 0.3) is 0 Å². The molecule has 2 amide bonds. The number of amides is 2. The summed E-state index contributed by atoms with van der Waals surface area (Å²) in [5.74, 6) is 0.959. The lowest BCUT2D eigenvalue weighted by atomic mass is 9.85. The number of carbonyl (C=O) groups excluding carboxylic acids is 1.